The highest BCUT2D eigenvalue weighted by Crippen LogP contribution is 2.14. The van der Waals surface area contributed by atoms with Gasteiger partial charge >= 0.3 is 0 Å². The smallest absolute Gasteiger partial charge is 0.271 e. The lowest BCUT2D eigenvalue weighted by molar-refractivity contribution is 0.0955. The van der Waals surface area contributed by atoms with E-state index in [-0.39, 0.29) is 5.91 Å². The lowest BCUT2D eigenvalue weighted by Gasteiger charge is -2.20. The van der Waals surface area contributed by atoms with Crippen molar-refractivity contribution in [3.8, 4) is 0 Å². The standard InChI is InChI=1S/C18H22N4O/c1-3-22(4-2)17-11-5-14(6-12-17)13-20-21-18(23)15-7-9-16(19)10-8-15/h5-13H,3-4,19H2,1-2H3,(H,21,23)/b20-13-. The summed E-state index contributed by atoms with van der Waals surface area (Å²) in [5.41, 5.74) is 11.4. The molecule has 0 atom stereocenters. The molecule has 0 radical (unpaired) electrons. The molecule has 0 spiro atoms. The van der Waals surface area contributed by atoms with E-state index in [0.29, 0.717) is 11.3 Å². The first-order valence-corrected chi connectivity index (χ1v) is 7.68. The average molecular weight is 310 g/mol. The van der Waals surface area contributed by atoms with Crippen LogP contribution >= 0.6 is 0 Å². The summed E-state index contributed by atoms with van der Waals surface area (Å²) >= 11 is 0. The molecule has 0 aliphatic rings. The van der Waals surface area contributed by atoms with Crippen LogP contribution in [0.1, 0.15) is 29.8 Å². The van der Waals surface area contributed by atoms with Crippen molar-refractivity contribution in [1.82, 2.24) is 5.43 Å². The minimum Gasteiger partial charge on any atom is -0.399 e. The van der Waals surface area contributed by atoms with E-state index in [9.17, 15) is 4.79 Å². The van der Waals surface area contributed by atoms with Crippen LogP contribution in [0.4, 0.5) is 11.4 Å². The molecule has 5 nitrogen and oxygen atoms in total. The average Bonchev–Trinajstić information content (AvgIpc) is 2.58. The van der Waals surface area contributed by atoms with E-state index in [1.807, 2.05) is 12.1 Å². The van der Waals surface area contributed by atoms with Gasteiger partial charge < -0.3 is 10.6 Å². The van der Waals surface area contributed by atoms with Crippen molar-refractivity contribution in [2.75, 3.05) is 23.7 Å². The summed E-state index contributed by atoms with van der Waals surface area (Å²) in [4.78, 5) is 14.2. The van der Waals surface area contributed by atoms with E-state index in [1.165, 1.54) is 5.69 Å². The fourth-order valence-electron chi connectivity index (χ4n) is 2.22. The van der Waals surface area contributed by atoms with Gasteiger partial charge in [0.15, 0.2) is 0 Å². The highest BCUT2D eigenvalue weighted by molar-refractivity contribution is 5.95. The first-order chi connectivity index (χ1) is 11.1. The van der Waals surface area contributed by atoms with Gasteiger partial charge in [0.05, 0.1) is 6.21 Å². The predicted octanol–water partition coefficient (Wildman–Crippen LogP) is 2.88. The summed E-state index contributed by atoms with van der Waals surface area (Å²) in [5, 5.41) is 3.99. The van der Waals surface area contributed by atoms with Crippen LogP contribution in [0.3, 0.4) is 0 Å². The topological polar surface area (TPSA) is 70.7 Å². The first kappa shape index (κ1) is 16.5. The Balaban J connectivity index is 1.95. The van der Waals surface area contributed by atoms with Crippen LogP contribution in [0.25, 0.3) is 0 Å². The molecule has 2 aromatic rings. The third kappa shape index (κ3) is 4.57. The highest BCUT2D eigenvalue weighted by Gasteiger charge is 2.03. The Bertz CT molecular complexity index is 658. The Morgan fingerprint density at radius 3 is 2.26 bits per heavy atom. The molecule has 2 aromatic carbocycles. The SMILES string of the molecule is CCN(CC)c1ccc(/C=N\NC(=O)c2ccc(N)cc2)cc1. The van der Waals surface area contributed by atoms with Gasteiger partial charge in [0.25, 0.3) is 5.91 Å². The normalized spacial score (nSPS) is 10.7. The van der Waals surface area contributed by atoms with E-state index in [1.54, 1.807) is 30.5 Å². The van der Waals surface area contributed by atoms with Crippen molar-refractivity contribution >= 4 is 23.5 Å². The molecule has 5 heteroatoms. The van der Waals surface area contributed by atoms with E-state index in [4.69, 9.17) is 5.73 Å². The van der Waals surface area contributed by atoms with Gasteiger partial charge in [-0.25, -0.2) is 5.43 Å². The molecule has 0 unspecified atom stereocenters. The third-order valence-corrected chi connectivity index (χ3v) is 3.57. The zero-order valence-corrected chi connectivity index (χ0v) is 13.5. The van der Waals surface area contributed by atoms with Crippen molar-refractivity contribution in [3.63, 3.8) is 0 Å². The number of amides is 1. The number of hydrogen-bond donors (Lipinski definition) is 2. The van der Waals surface area contributed by atoms with E-state index >= 15 is 0 Å². The number of nitrogens with zero attached hydrogens (tertiary/aromatic N) is 2. The van der Waals surface area contributed by atoms with Gasteiger partial charge in [-0.15, -0.1) is 0 Å². The summed E-state index contributed by atoms with van der Waals surface area (Å²) in [6, 6.07) is 14.8. The molecule has 23 heavy (non-hydrogen) atoms. The van der Waals surface area contributed by atoms with Crippen LogP contribution in [-0.2, 0) is 0 Å². The summed E-state index contributed by atoms with van der Waals surface area (Å²) in [7, 11) is 0. The van der Waals surface area contributed by atoms with Crippen LogP contribution in [0.15, 0.2) is 53.6 Å². The minimum absolute atomic E-state index is 0.263. The molecule has 2 rings (SSSR count). The molecule has 0 fully saturated rings. The molecule has 3 N–H and O–H groups in total. The van der Waals surface area contributed by atoms with Gasteiger partial charge in [-0.2, -0.15) is 5.10 Å². The number of anilines is 2. The van der Waals surface area contributed by atoms with Gasteiger partial charge in [0.1, 0.15) is 0 Å². The van der Waals surface area contributed by atoms with Crippen molar-refractivity contribution in [1.29, 1.82) is 0 Å². The lowest BCUT2D eigenvalue weighted by atomic mass is 10.2. The van der Waals surface area contributed by atoms with Crippen molar-refractivity contribution in [3.05, 3.63) is 59.7 Å². The van der Waals surface area contributed by atoms with Crippen LogP contribution in [-0.4, -0.2) is 25.2 Å². The Kier molecular flexibility index (Phi) is 5.74. The van der Waals surface area contributed by atoms with Gasteiger partial charge in [0.2, 0.25) is 0 Å². The number of hydrogen-bond acceptors (Lipinski definition) is 4. The molecule has 0 saturated heterocycles. The summed E-state index contributed by atoms with van der Waals surface area (Å²) in [6.45, 7) is 6.21. The molecule has 0 bridgehead atoms. The predicted molar refractivity (Wildman–Crippen MR) is 95.9 cm³/mol. The van der Waals surface area contributed by atoms with Crippen LogP contribution in [0.5, 0.6) is 0 Å². The van der Waals surface area contributed by atoms with Crippen LogP contribution in [0, 0.1) is 0 Å². The van der Waals surface area contributed by atoms with Crippen molar-refractivity contribution < 1.29 is 4.79 Å². The molecule has 1 amide bonds. The Morgan fingerprint density at radius 1 is 1.09 bits per heavy atom. The second-order valence-corrected chi connectivity index (χ2v) is 5.08. The molecule has 0 saturated carbocycles. The van der Waals surface area contributed by atoms with Gasteiger partial charge in [-0.05, 0) is 55.8 Å². The Labute approximate surface area is 136 Å². The maximum atomic E-state index is 11.9. The van der Waals surface area contributed by atoms with Crippen molar-refractivity contribution in [2.45, 2.75) is 13.8 Å². The van der Waals surface area contributed by atoms with Crippen molar-refractivity contribution in [2.24, 2.45) is 5.10 Å². The monoisotopic (exact) mass is 310 g/mol. The minimum atomic E-state index is -0.263. The van der Waals surface area contributed by atoms with Gasteiger partial charge in [-0.1, -0.05) is 12.1 Å². The first-order valence-electron chi connectivity index (χ1n) is 7.68. The summed E-state index contributed by atoms with van der Waals surface area (Å²) in [6.07, 6.45) is 1.63. The zero-order valence-electron chi connectivity index (χ0n) is 13.5. The van der Waals surface area contributed by atoms with Crippen LogP contribution in [0.2, 0.25) is 0 Å². The second kappa shape index (κ2) is 7.98. The highest BCUT2D eigenvalue weighted by atomic mass is 16.2. The number of nitrogen functional groups attached to an aromatic ring is 1. The molecule has 0 aliphatic carbocycles. The second-order valence-electron chi connectivity index (χ2n) is 5.08. The van der Waals surface area contributed by atoms with E-state index in [2.05, 4.69) is 41.4 Å². The number of nitrogens with two attached hydrogens (primary N) is 1. The molecule has 0 aromatic heterocycles. The summed E-state index contributed by atoms with van der Waals surface area (Å²) < 4.78 is 0. The molecular formula is C18H22N4O. The quantitative estimate of drug-likeness (QED) is 0.489. The van der Waals surface area contributed by atoms with Gasteiger partial charge in [0, 0.05) is 30.0 Å². The summed E-state index contributed by atoms with van der Waals surface area (Å²) in [5.74, 6) is -0.263. The van der Waals surface area contributed by atoms with E-state index in [0.717, 1.165) is 18.7 Å². The maximum Gasteiger partial charge on any atom is 0.271 e. The zero-order chi connectivity index (χ0) is 16.7. The molecular weight excluding hydrogens is 288 g/mol. The fraction of sp³-hybridized carbons (Fsp3) is 0.222. The number of nitrogens with one attached hydrogen (secondary N) is 1. The molecule has 0 aliphatic heterocycles. The number of carbonyl (C=O) groups is 1. The Hall–Kier alpha value is -2.82. The number of carbonyl (C=O) groups excluding carboxylic acids is 1. The molecule has 120 valence electrons. The van der Waals surface area contributed by atoms with Gasteiger partial charge in [-0.3, -0.25) is 4.79 Å². The largest absolute Gasteiger partial charge is 0.399 e. The van der Waals surface area contributed by atoms with Crippen LogP contribution < -0.4 is 16.1 Å². The number of rotatable bonds is 6. The van der Waals surface area contributed by atoms with E-state index < -0.39 is 0 Å². The lowest BCUT2D eigenvalue weighted by Crippen LogP contribution is -2.21. The molecule has 0 heterocycles. The fourth-order valence-corrected chi connectivity index (χ4v) is 2.22. The number of hydrazone groups is 1. The third-order valence-electron chi connectivity index (χ3n) is 3.57. The number of benzene rings is 2. The Morgan fingerprint density at radius 2 is 1.70 bits per heavy atom. The maximum absolute atomic E-state index is 11.9.